The summed E-state index contributed by atoms with van der Waals surface area (Å²) in [5.74, 6) is -0.844. The van der Waals surface area contributed by atoms with Gasteiger partial charge in [0, 0.05) is 50.0 Å². The van der Waals surface area contributed by atoms with E-state index in [4.69, 9.17) is 0 Å². The van der Waals surface area contributed by atoms with E-state index in [2.05, 4.69) is 20.5 Å². The normalized spacial score (nSPS) is 21.1. The minimum absolute atomic E-state index is 0.0866. The lowest BCUT2D eigenvalue weighted by molar-refractivity contribution is -0.132. The number of pyridine rings is 1. The van der Waals surface area contributed by atoms with Crippen molar-refractivity contribution in [3.63, 3.8) is 0 Å². The summed E-state index contributed by atoms with van der Waals surface area (Å²) in [5, 5.41) is 4.91. The molecule has 1 atom stereocenters. The third kappa shape index (κ3) is 3.95. The van der Waals surface area contributed by atoms with Crippen LogP contribution in [0.4, 0.5) is 14.9 Å². The van der Waals surface area contributed by atoms with E-state index >= 15 is 0 Å². The van der Waals surface area contributed by atoms with E-state index in [1.807, 2.05) is 6.07 Å². The van der Waals surface area contributed by atoms with Crippen molar-refractivity contribution in [3.05, 3.63) is 59.7 Å². The number of hydrogen-bond acceptors (Lipinski definition) is 5. The number of amides is 4. The lowest BCUT2D eigenvalue weighted by atomic mass is 9.89. The van der Waals surface area contributed by atoms with Crippen molar-refractivity contribution < 1.29 is 18.8 Å². The van der Waals surface area contributed by atoms with Gasteiger partial charge in [-0.25, -0.2) is 9.18 Å². The van der Waals surface area contributed by atoms with E-state index in [1.54, 1.807) is 42.3 Å². The van der Waals surface area contributed by atoms with Crippen LogP contribution in [-0.2, 0) is 15.1 Å². The predicted molar refractivity (Wildman–Crippen MR) is 112 cm³/mol. The molecule has 4 rings (SSSR count). The first-order valence-electron chi connectivity index (χ1n) is 10.2. The second kappa shape index (κ2) is 8.33. The molecule has 4 amide bonds. The minimum Gasteiger partial charge on any atom is -0.368 e. The fraction of sp³-hybridized carbons (Fsp3) is 0.364. The largest absolute Gasteiger partial charge is 0.368 e. The van der Waals surface area contributed by atoms with Crippen LogP contribution in [0.2, 0.25) is 0 Å². The van der Waals surface area contributed by atoms with Gasteiger partial charge in [-0.2, -0.15) is 0 Å². The Morgan fingerprint density at radius 3 is 2.55 bits per heavy atom. The highest BCUT2D eigenvalue weighted by Crippen LogP contribution is 2.29. The average Bonchev–Trinajstić information content (AvgIpc) is 3.08. The number of nitrogens with zero attached hydrogens (tertiary/aromatic N) is 3. The van der Waals surface area contributed by atoms with Gasteiger partial charge in [-0.1, -0.05) is 12.1 Å². The quantitative estimate of drug-likeness (QED) is 0.711. The lowest BCUT2D eigenvalue weighted by Crippen LogP contribution is -2.50. The van der Waals surface area contributed by atoms with E-state index in [0.717, 1.165) is 5.69 Å². The number of anilines is 1. The third-order valence-electron chi connectivity index (χ3n) is 5.97. The summed E-state index contributed by atoms with van der Waals surface area (Å²) in [6.45, 7) is 3.95. The van der Waals surface area contributed by atoms with Crippen LogP contribution in [0.1, 0.15) is 24.1 Å². The van der Waals surface area contributed by atoms with E-state index in [0.29, 0.717) is 37.4 Å². The Labute approximate surface area is 179 Å². The van der Waals surface area contributed by atoms with Gasteiger partial charge in [-0.3, -0.25) is 19.9 Å². The number of aromatic nitrogens is 1. The molecule has 3 heterocycles. The summed E-state index contributed by atoms with van der Waals surface area (Å²) in [4.78, 5) is 45.3. The van der Waals surface area contributed by atoms with E-state index in [-0.39, 0.29) is 24.6 Å². The highest BCUT2D eigenvalue weighted by molar-refractivity contribution is 6.07. The molecule has 31 heavy (non-hydrogen) atoms. The van der Waals surface area contributed by atoms with Crippen molar-refractivity contribution in [1.29, 1.82) is 0 Å². The van der Waals surface area contributed by atoms with Gasteiger partial charge in [0.15, 0.2) is 5.54 Å². The first-order chi connectivity index (χ1) is 14.9. The third-order valence-corrected chi connectivity index (χ3v) is 5.97. The van der Waals surface area contributed by atoms with Crippen molar-refractivity contribution in [2.45, 2.75) is 25.3 Å². The van der Waals surface area contributed by atoms with E-state index < -0.39 is 17.5 Å². The summed E-state index contributed by atoms with van der Waals surface area (Å²) in [7, 11) is 0. The van der Waals surface area contributed by atoms with Crippen molar-refractivity contribution in [3.8, 4) is 0 Å². The van der Waals surface area contributed by atoms with Gasteiger partial charge >= 0.3 is 6.03 Å². The summed E-state index contributed by atoms with van der Waals surface area (Å²) in [6.07, 6.45) is 1.75. The highest BCUT2D eigenvalue weighted by atomic mass is 19.1. The number of nitrogens with one attached hydrogen (secondary N) is 2. The molecule has 2 fully saturated rings. The molecular weight excluding hydrogens is 401 g/mol. The lowest BCUT2D eigenvalue weighted by Gasteiger charge is -2.37. The zero-order valence-electron chi connectivity index (χ0n) is 17.2. The molecule has 2 aliphatic heterocycles. The van der Waals surface area contributed by atoms with Gasteiger partial charge < -0.3 is 15.1 Å². The fourth-order valence-corrected chi connectivity index (χ4v) is 4.18. The maximum absolute atomic E-state index is 13.9. The molecule has 8 nitrogen and oxygen atoms in total. The zero-order chi connectivity index (χ0) is 22.0. The SMILES string of the molecule is Cc1c(F)cccc1N1CCN(C(=O)CCC2(c3ccccn3)NC(=O)NC2=O)CC1. The second-order valence-electron chi connectivity index (χ2n) is 7.78. The van der Waals surface area contributed by atoms with E-state index in [1.165, 1.54) is 6.07 Å². The molecule has 2 aliphatic rings. The van der Waals surface area contributed by atoms with Gasteiger partial charge in [0.25, 0.3) is 5.91 Å². The molecule has 2 saturated heterocycles. The molecule has 1 aromatic carbocycles. The molecule has 1 aromatic heterocycles. The van der Waals surface area contributed by atoms with Gasteiger partial charge in [0.1, 0.15) is 5.82 Å². The summed E-state index contributed by atoms with van der Waals surface area (Å²) >= 11 is 0. The zero-order valence-corrected chi connectivity index (χ0v) is 17.2. The van der Waals surface area contributed by atoms with Crippen molar-refractivity contribution >= 4 is 23.5 Å². The average molecular weight is 425 g/mol. The number of imide groups is 1. The minimum atomic E-state index is -1.35. The number of piperazine rings is 1. The Bertz CT molecular complexity index is 1010. The van der Waals surface area contributed by atoms with Crippen LogP contribution < -0.4 is 15.5 Å². The molecule has 1 unspecified atom stereocenters. The van der Waals surface area contributed by atoms with Crippen LogP contribution in [0.5, 0.6) is 0 Å². The van der Waals surface area contributed by atoms with Crippen LogP contribution in [0, 0.1) is 12.7 Å². The number of urea groups is 1. The van der Waals surface area contributed by atoms with Crippen LogP contribution >= 0.6 is 0 Å². The molecule has 9 heteroatoms. The predicted octanol–water partition coefficient (Wildman–Crippen LogP) is 1.69. The number of hydrogen-bond donors (Lipinski definition) is 2. The smallest absolute Gasteiger partial charge is 0.322 e. The molecular formula is C22H24FN5O3. The van der Waals surface area contributed by atoms with Gasteiger partial charge in [-0.05, 0) is 37.6 Å². The number of carbonyl (C=O) groups is 3. The van der Waals surface area contributed by atoms with Crippen LogP contribution in [0.25, 0.3) is 0 Å². The van der Waals surface area contributed by atoms with Gasteiger partial charge in [0.05, 0.1) is 5.69 Å². The highest BCUT2D eigenvalue weighted by Gasteiger charge is 2.48. The molecule has 0 saturated carbocycles. The number of rotatable bonds is 5. The van der Waals surface area contributed by atoms with Crippen molar-refractivity contribution in [2.75, 3.05) is 31.1 Å². The topological polar surface area (TPSA) is 94.6 Å². The summed E-state index contributed by atoms with van der Waals surface area (Å²) < 4.78 is 13.9. The molecule has 0 aliphatic carbocycles. The Balaban J connectivity index is 1.40. The standard InChI is InChI=1S/C22H24FN5O3/c1-15-16(23)5-4-6-17(15)27-11-13-28(14-12-27)19(29)8-9-22(18-7-2-3-10-24-18)20(30)25-21(31)26-22/h2-7,10H,8-9,11-14H2,1H3,(H2,25,26,30,31). The monoisotopic (exact) mass is 425 g/mol. The fourth-order valence-electron chi connectivity index (χ4n) is 4.18. The maximum Gasteiger partial charge on any atom is 0.322 e. The first kappa shape index (κ1) is 20.8. The summed E-state index contributed by atoms with van der Waals surface area (Å²) in [6, 6.07) is 9.53. The van der Waals surface area contributed by atoms with Crippen LogP contribution in [-0.4, -0.2) is 53.9 Å². The Hall–Kier alpha value is -3.49. The number of halogens is 1. The molecule has 0 radical (unpaired) electrons. The molecule has 2 N–H and O–H groups in total. The Kier molecular flexibility index (Phi) is 5.58. The van der Waals surface area contributed by atoms with Crippen LogP contribution in [0.3, 0.4) is 0 Å². The van der Waals surface area contributed by atoms with Gasteiger partial charge in [-0.15, -0.1) is 0 Å². The number of carbonyl (C=O) groups excluding carboxylic acids is 3. The molecule has 162 valence electrons. The first-order valence-corrected chi connectivity index (χ1v) is 10.2. The maximum atomic E-state index is 13.9. The van der Waals surface area contributed by atoms with Crippen molar-refractivity contribution in [1.82, 2.24) is 20.5 Å². The molecule has 0 spiro atoms. The molecule has 2 aromatic rings. The van der Waals surface area contributed by atoms with Crippen molar-refractivity contribution in [2.24, 2.45) is 0 Å². The van der Waals surface area contributed by atoms with Crippen LogP contribution in [0.15, 0.2) is 42.6 Å². The number of benzene rings is 1. The molecule has 0 bridgehead atoms. The van der Waals surface area contributed by atoms with Gasteiger partial charge in [0.2, 0.25) is 5.91 Å². The summed E-state index contributed by atoms with van der Waals surface area (Å²) in [5.41, 5.74) is 0.487. The second-order valence-corrected chi connectivity index (χ2v) is 7.78. The Morgan fingerprint density at radius 1 is 1.13 bits per heavy atom. The Morgan fingerprint density at radius 2 is 1.90 bits per heavy atom. The van der Waals surface area contributed by atoms with E-state index in [9.17, 15) is 18.8 Å².